The molecule has 1 N–H and O–H groups in total. The molecule has 3 aromatic rings. The van der Waals surface area contributed by atoms with Crippen molar-refractivity contribution in [3.05, 3.63) is 85.8 Å². The number of nitrogens with one attached hydrogen (secondary N) is 1. The highest BCUT2D eigenvalue weighted by Gasteiger charge is 2.40. The summed E-state index contributed by atoms with van der Waals surface area (Å²) in [6.07, 6.45) is 6.65. The van der Waals surface area contributed by atoms with Gasteiger partial charge in [0.05, 0.1) is 17.8 Å². The minimum absolute atomic E-state index is 0.0375. The Kier molecular flexibility index (Phi) is 5.87. The average Bonchev–Trinajstić information content (AvgIpc) is 3.44. The van der Waals surface area contributed by atoms with Gasteiger partial charge in [-0.1, -0.05) is 28.8 Å². The van der Waals surface area contributed by atoms with E-state index in [4.69, 9.17) is 17.1 Å². The van der Waals surface area contributed by atoms with Crippen molar-refractivity contribution in [2.75, 3.05) is 0 Å². The van der Waals surface area contributed by atoms with Crippen molar-refractivity contribution < 1.29 is 4.79 Å². The molecular formula is C24H26ClN7O. The highest BCUT2D eigenvalue weighted by atomic mass is 35.5. The van der Waals surface area contributed by atoms with Gasteiger partial charge in [0.25, 0.3) is 5.91 Å². The molecule has 0 bridgehead atoms. The third-order valence-corrected chi connectivity index (χ3v) is 6.98. The first kappa shape index (κ1) is 21.6. The molecule has 5 rings (SSSR count). The largest absolute Gasteiger partial charge is 0.344 e. The lowest BCUT2D eigenvalue weighted by Crippen LogP contribution is -2.45. The Bertz CT molecular complexity index is 1220. The summed E-state index contributed by atoms with van der Waals surface area (Å²) in [5, 5.41) is 11.8. The topological polar surface area (TPSA) is 103 Å². The van der Waals surface area contributed by atoms with Crippen molar-refractivity contribution in [2.45, 2.75) is 64.2 Å². The van der Waals surface area contributed by atoms with Gasteiger partial charge in [-0.3, -0.25) is 9.89 Å². The highest BCUT2D eigenvalue weighted by molar-refractivity contribution is 6.30. The maximum Gasteiger partial charge on any atom is 0.256 e. The summed E-state index contributed by atoms with van der Waals surface area (Å²) < 4.78 is 2.07. The molecule has 1 unspecified atom stereocenters. The Morgan fingerprint density at radius 3 is 2.82 bits per heavy atom. The van der Waals surface area contributed by atoms with Crippen molar-refractivity contribution in [1.82, 2.24) is 19.7 Å². The number of carbonyl (C=O) groups is 1. The molecule has 1 aromatic carbocycles. The predicted octanol–water partition coefficient (Wildman–Crippen LogP) is 5.19. The molecule has 2 aromatic heterocycles. The fourth-order valence-electron chi connectivity index (χ4n) is 4.93. The quantitative estimate of drug-likeness (QED) is 0.296. The normalized spacial score (nSPS) is 17.3. The monoisotopic (exact) mass is 463 g/mol. The SMILES string of the molecule is Cc1cc(C(=O)N(C2CC2)C2CCc3n[nH]cc3C2)c(CN=[N+]=[N-])n1Cc1ccc(Cl)cc1. The first-order valence-electron chi connectivity index (χ1n) is 11.3. The second-order valence-electron chi connectivity index (χ2n) is 8.95. The van der Waals surface area contributed by atoms with Crippen LogP contribution in [0.4, 0.5) is 0 Å². The molecule has 1 atom stereocenters. The zero-order valence-corrected chi connectivity index (χ0v) is 19.3. The van der Waals surface area contributed by atoms with Crippen molar-refractivity contribution in [3.8, 4) is 0 Å². The number of nitrogens with zero attached hydrogens (tertiary/aromatic N) is 6. The molecule has 0 aliphatic heterocycles. The number of amides is 1. The van der Waals surface area contributed by atoms with Gasteiger partial charge in [-0.2, -0.15) is 5.10 Å². The minimum Gasteiger partial charge on any atom is -0.344 e. The number of H-pyrrole nitrogens is 1. The molecule has 1 fully saturated rings. The third kappa shape index (κ3) is 4.36. The van der Waals surface area contributed by atoms with Gasteiger partial charge >= 0.3 is 0 Å². The van der Waals surface area contributed by atoms with Crippen LogP contribution in [0.15, 0.2) is 41.6 Å². The summed E-state index contributed by atoms with van der Waals surface area (Å²) in [5.74, 6) is 0.0375. The molecule has 0 spiro atoms. The Morgan fingerprint density at radius 2 is 2.09 bits per heavy atom. The zero-order chi connectivity index (χ0) is 22.9. The van der Waals surface area contributed by atoms with Crippen LogP contribution >= 0.6 is 11.6 Å². The Balaban J connectivity index is 1.48. The lowest BCUT2D eigenvalue weighted by Gasteiger charge is -2.34. The molecule has 1 amide bonds. The van der Waals surface area contributed by atoms with Crippen LogP contribution in [0.3, 0.4) is 0 Å². The van der Waals surface area contributed by atoms with Crippen LogP contribution in [-0.2, 0) is 25.9 Å². The van der Waals surface area contributed by atoms with Crippen LogP contribution in [0.5, 0.6) is 0 Å². The number of carbonyl (C=O) groups excluding carboxylic acids is 1. The van der Waals surface area contributed by atoms with Crippen molar-refractivity contribution in [1.29, 1.82) is 0 Å². The average molecular weight is 464 g/mol. The molecular weight excluding hydrogens is 438 g/mol. The van der Waals surface area contributed by atoms with Gasteiger partial charge < -0.3 is 9.47 Å². The van der Waals surface area contributed by atoms with E-state index in [0.717, 1.165) is 54.7 Å². The van der Waals surface area contributed by atoms with Gasteiger partial charge in [0.2, 0.25) is 0 Å². The van der Waals surface area contributed by atoms with Crippen LogP contribution in [0, 0.1) is 6.92 Å². The second-order valence-corrected chi connectivity index (χ2v) is 9.38. The van der Waals surface area contributed by atoms with Gasteiger partial charge in [-0.25, -0.2) is 0 Å². The number of rotatable bonds is 7. The predicted molar refractivity (Wildman–Crippen MR) is 126 cm³/mol. The number of azide groups is 1. The van der Waals surface area contributed by atoms with E-state index in [1.807, 2.05) is 43.5 Å². The number of aryl methyl sites for hydroxylation is 2. The Morgan fingerprint density at radius 1 is 1.30 bits per heavy atom. The van der Waals surface area contributed by atoms with Gasteiger partial charge in [-0.05, 0) is 73.9 Å². The fraction of sp³-hybridized carbons (Fsp3) is 0.417. The maximum absolute atomic E-state index is 14.0. The van der Waals surface area contributed by atoms with E-state index in [9.17, 15) is 4.79 Å². The van der Waals surface area contributed by atoms with E-state index in [2.05, 4.69) is 29.7 Å². The first-order chi connectivity index (χ1) is 16.0. The number of fused-ring (bicyclic) bond motifs is 1. The van der Waals surface area contributed by atoms with E-state index < -0.39 is 0 Å². The zero-order valence-electron chi connectivity index (χ0n) is 18.5. The van der Waals surface area contributed by atoms with Crippen molar-refractivity contribution >= 4 is 17.5 Å². The van der Waals surface area contributed by atoms with Crippen LogP contribution in [0.2, 0.25) is 5.02 Å². The van der Waals surface area contributed by atoms with E-state index in [1.54, 1.807) is 0 Å². The van der Waals surface area contributed by atoms with Crippen LogP contribution in [-0.4, -0.2) is 37.7 Å². The van der Waals surface area contributed by atoms with E-state index >= 15 is 0 Å². The number of hydrogen-bond acceptors (Lipinski definition) is 3. The van der Waals surface area contributed by atoms with Crippen LogP contribution in [0.25, 0.3) is 10.4 Å². The molecule has 9 heteroatoms. The Labute approximate surface area is 197 Å². The van der Waals surface area contributed by atoms with Gasteiger partial charge in [0.15, 0.2) is 0 Å². The summed E-state index contributed by atoms with van der Waals surface area (Å²) in [6, 6.07) is 10.0. The molecule has 8 nitrogen and oxygen atoms in total. The third-order valence-electron chi connectivity index (χ3n) is 6.73. The number of halogens is 1. The molecule has 2 aliphatic carbocycles. The fourth-order valence-corrected chi connectivity index (χ4v) is 5.06. The smallest absolute Gasteiger partial charge is 0.256 e. The number of hydrogen-bond donors (Lipinski definition) is 1. The lowest BCUT2D eigenvalue weighted by atomic mass is 9.91. The highest BCUT2D eigenvalue weighted by Crippen LogP contribution is 2.35. The van der Waals surface area contributed by atoms with Gasteiger partial charge in [0, 0.05) is 46.1 Å². The first-order valence-corrected chi connectivity index (χ1v) is 11.7. The van der Waals surface area contributed by atoms with E-state index in [0.29, 0.717) is 17.1 Å². The molecule has 170 valence electrons. The van der Waals surface area contributed by atoms with Crippen LogP contribution in [0.1, 0.15) is 57.8 Å². The molecule has 0 radical (unpaired) electrons. The summed E-state index contributed by atoms with van der Waals surface area (Å²) in [4.78, 5) is 19.0. The molecule has 33 heavy (non-hydrogen) atoms. The standard InChI is InChI=1S/C24H26ClN7O/c1-15-10-21(23(13-28-30-26)31(15)14-16-2-4-18(25)5-3-16)24(33)32(19-6-7-19)20-8-9-22-17(11-20)12-27-29-22/h2-5,10,12,19-20H,6-9,11,13-14H2,1H3,(H,27,29). The number of aromatic nitrogens is 3. The van der Waals surface area contributed by atoms with Gasteiger partial charge in [-0.15, -0.1) is 0 Å². The summed E-state index contributed by atoms with van der Waals surface area (Å²) in [5.41, 5.74) is 14.7. The molecule has 1 saturated carbocycles. The second kappa shape index (κ2) is 8.96. The molecule has 2 heterocycles. The summed E-state index contributed by atoms with van der Waals surface area (Å²) in [7, 11) is 0. The van der Waals surface area contributed by atoms with E-state index in [-0.39, 0.29) is 24.5 Å². The lowest BCUT2D eigenvalue weighted by molar-refractivity contribution is 0.0641. The van der Waals surface area contributed by atoms with Gasteiger partial charge in [0.1, 0.15) is 0 Å². The molecule has 2 aliphatic rings. The van der Waals surface area contributed by atoms with E-state index in [1.165, 1.54) is 5.56 Å². The summed E-state index contributed by atoms with van der Waals surface area (Å²) >= 11 is 6.04. The Hall–Kier alpha value is -3.22. The maximum atomic E-state index is 14.0. The molecule has 0 saturated heterocycles. The summed E-state index contributed by atoms with van der Waals surface area (Å²) in [6.45, 7) is 2.71. The minimum atomic E-state index is 0.0375. The van der Waals surface area contributed by atoms with Crippen molar-refractivity contribution in [2.24, 2.45) is 5.11 Å². The number of benzene rings is 1. The van der Waals surface area contributed by atoms with Crippen LogP contribution < -0.4 is 0 Å². The van der Waals surface area contributed by atoms with Crippen molar-refractivity contribution in [3.63, 3.8) is 0 Å². The number of aromatic amines is 1.